The Labute approximate surface area is 205 Å². The third-order valence-electron chi connectivity index (χ3n) is 5.56. The molecule has 0 N–H and O–H groups in total. The maximum atomic E-state index is 14.2. The minimum absolute atomic E-state index is 0.154. The summed E-state index contributed by atoms with van der Waals surface area (Å²) in [5.74, 6) is -0.664. The highest BCUT2D eigenvalue weighted by Crippen LogP contribution is 2.38. The van der Waals surface area contributed by atoms with Gasteiger partial charge in [-0.3, -0.25) is 19.3 Å². The predicted molar refractivity (Wildman–Crippen MR) is 127 cm³/mol. The van der Waals surface area contributed by atoms with Gasteiger partial charge >= 0.3 is 0 Å². The Morgan fingerprint density at radius 2 is 1.91 bits per heavy atom. The van der Waals surface area contributed by atoms with E-state index in [0.717, 1.165) is 29.5 Å². The van der Waals surface area contributed by atoms with E-state index in [4.69, 9.17) is 21.1 Å². The van der Waals surface area contributed by atoms with E-state index in [1.54, 1.807) is 29.2 Å². The van der Waals surface area contributed by atoms with Crippen molar-refractivity contribution in [3.63, 3.8) is 0 Å². The number of amides is 3. The molecule has 2 aliphatic heterocycles. The molecular formula is C24H22ClFN2O5S. The van der Waals surface area contributed by atoms with Crippen LogP contribution in [0.25, 0.3) is 6.08 Å². The molecule has 2 heterocycles. The molecule has 2 aromatic rings. The molecule has 0 unspecified atom stereocenters. The van der Waals surface area contributed by atoms with Gasteiger partial charge in [-0.25, -0.2) is 4.39 Å². The minimum atomic E-state index is -0.548. The summed E-state index contributed by atoms with van der Waals surface area (Å²) < 4.78 is 25.4. The second-order valence-corrected chi connectivity index (χ2v) is 9.12. The molecule has 178 valence electrons. The van der Waals surface area contributed by atoms with Crippen molar-refractivity contribution in [1.29, 1.82) is 0 Å². The molecule has 2 aliphatic rings. The van der Waals surface area contributed by atoms with Crippen molar-refractivity contribution in [3.8, 4) is 11.5 Å². The maximum Gasteiger partial charge on any atom is 0.294 e. The Morgan fingerprint density at radius 3 is 2.62 bits per heavy atom. The van der Waals surface area contributed by atoms with Gasteiger partial charge in [0.25, 0.3) is 11.1 Å². The Morgan fingerprint density at radius 1 is 1.18 bits per heavy atom. The topological polar surface area (TPSA) is 76.2 Å². The molecule has 34 heavy (non-hydrogen) atoms. The number of carbonyl (C=O) groups excluding carboxylic acids is 3. The zero-order valence-electron chi connectivity index (χ0n) is 18.4. The van der Waals surface area contributed by atoms with Crippen molar-refractivity contribution in [2.45, 2.75) is 19.4 Å². The molecule has 3 amide bonds. The van der Waals surface area contributed by atoms with Crippen LogP contribution in [-0.4, -0.2) is 53.6 Å². The number of imide groups is 1. The lowest BCUT2D eigenvalue weighted by Gasteiger charge is -2.18. The normalized spacial score (nSPS) is 17.1. The van der Waals surface area contributed by atoms with E-state index in [2.05, 4.69) is 0 Å². The summed E-state index contributed by atoms with van der Waals surface area (Å²) in [6.45, 7) is 0.830. The molecule has 7 nitrogen and oxygen atoms in total. The maximum absolute atomic E-state index is 14.2. The molecule has 4 rings (SSSR count). The van der Waals surface area contributed by atoms with Gasteiger partial charge in [0.15, 0.2) is 11.5 Å². The Balaban J connectivity index is 1.57. The Hall–Kier alpha value is -3.04. The van der Waals surface area contributed by atoms with Gasteiger partial charge in [-0.2, -0.15) is 0 Å². The summed E-state index contributed by atoms with van der Waals surface area (Å²) in [6.07, 6.45) is 3.35. The fourth-order valence-corrected chi connectivity index (χ4v) is 4.80. The predicted octanol–water partition coefficient (Wildman–Crippen LogP) is 4.73. The van der Waals surface area contributed by atoms with E-state index in [1.165, 1.54) is 25.3 Å². The van der Waals surface area contributed by atoms with E-state index in [1.807, 2.05) is 0 Å². The SMILES string of the molecule is COc1cccc(/C=C2\SC(=O)N(CC(=O)N3CCCC3)C2=O)c1OCc1c(F)cccc1Cl. The van der Waals surface area contributed by atoms with Crippen LogP contribution in [0, 0.1) is 5.82 Å². The number of ether oxygens (including phenoxy) is 2. The van der Waals surface area contributed by atoms with Gasteiger partial charge in [0.05, 0.1) is 17.0 Å². The zero-order valence-corrected chi connectivity index (χ0v) is 20.0. The van der Waals surface area contributed by atoms with Crippen LogP contribution in [0.3, 0.4) is 0 Å². The van der Waals surface area contributed by atoms with Gasteiger partial charge in [0, 0.05) is 24.2 Å². The average Bonchev–Trinajstić information content (AvgIpc) is 3.44. The monoisotopic (exact) mass is 504 g/mol. The lowest BCUT2D eigenvalue weighted by atomic mass is 10.1. The molecule has 10 heteroatoms. The number of para-hydroxylation sites is 1. The standard InChI is InChI=1S/C24H22ClFN2O5S/c1-32-19-9-4-6-15(22(19)33-14-16-17(25)7-5-8-18(16)26)12-20-23(30)28(24(31)34-20)13-21(29)27-10-2-3-11-27/h4-9,12H,2-3,10-11,13-14H2,1H3/b20-12-. The molecule has 2 fully saturated rings. The highest BCUT2D eigenvalue weighted by molar-refractivity contribution is 8.18. The van der Waals surface area contributed by atoms with Crippen molar-refractivity contribution in [3.05, 3.63) is 63.3 Å². The van der Waals surface area contributed by atoms with Gasteiger partial charge in [0.1, 0.15) is 19.0 Å². The smallest absolute Gasteiger partial charge is 0.294 e. The first-order valence-electron chi connectivity index (χ1n) is 10.6. The van der Waals surface area contributed by atoms with E-state index in [0.29, 0.717) is 24.4 Å². The summed E-state index contributed by atoms with van der Waals surface area (Å²) in [7, 11) is 1.46. The van der Waals surface area contributed by atoms with E-state index in [9.17, 15) is 18.8 Å². The molecule has 0 atom stereocenters. The van der Waals surface area contributed by atoms with E-state index < -0.39 is 17.0 Å². The first-order valence-corrected chi connectivity index (χ1v) is 11.8. The average molecular weight is 505 g/mol. The third kappa shape index (κ3) is 5.05. The van der Waals surface area contributed by atoms with Crippen LogP contribution in [0.2, 0.25) is 5.02 Å². The molecule has 0 bridgehead atoms. The van der Waals surface area contributed by atoms with Crippen LogP contribution in [0.5, 0.6) is 11.5 Å². The van der Waals surface area contributed by atoms with Gasteiger partial charge < -0.3 is 14.4 Å². The fourth-order valence-electron chi connectivity index (χ4n) is 3.76. The molecule has 0 saturated carbocycles. The van der Waals surface area contributed by atoms with Crippen LogP contribution in [0.4, 0.5) is 9.18 Å². The molecule has 0 spiro atoms. The van der Waals surface area contributed by atoms with E-state index in [-0.39, 0.29) is 40.3 Å². The molecule has 0 radical (unpaired) electrons. The van der Waals surface area contributed by atoms with Crippen molar-refractivity contribution in [2.75, 3.05) is 26.7 Å². The number of methoxy groups -OCH3 is 1. The quantitative estimate of drug-likeness (QED) is 0.508. The number of hydrogen-bond acceptors (Lipinski definition) is 6. The first kappa shape index (κ1) is 24.1. The summed E-state index contributed by atoms with van der Waals surface area (Å²) >= 11 is 6.85. The van der Waals surface area contributed by atoms with E-state index >= 15 is 0 Å². The number of rotatable bonds is 7. The number of thioether (sulfide) groups is 1. The van der Waals surface area contributed by atoms with Gasteiger partial charge in [0.2, 0.25) is 5.91 Å². The summed E-state index contributed by atoms with van der Waals surface area (Å²) in [4.78, 5) is 40.6. The van der Waals surface area contributed by atoms with Gasteiger partial charge in [-0.15, -0.1) is 0 Å². The highest BCUT2D eigenvalue weighted by atomic mass is 35.5. The zero-order chi connectivity index (χ0) is 24.2. The largest absolute Gasteiger partial charge is 0.493 e. The second-order valence-electron chi connectivity index (χ2n) is 7.72. The third-order valence-corrected chi connectivity index (χ3v) is 6.83. The molecule has 0 aromatic heterocycles. The minimum Gasteiger partial charge on any atom is -0.493 e. The summed E-state index contributed by atoms with van der Waals surface area (Å²) in [6, 6.07) is 9.40. The van der Waals surface area contributed by atoms with Crippen molar-refractivity contribution < 1.29 is 28.2 Å². The first-order chi connectivity index (χ1) is 16.4. The Kier molecular flexibility index (Phi) is 7.43. The highest BCUT2D eigenvalue weighted by Gasteiger charge is 2.37. The van der Waals surface area contributed by atoms with Crippen LogP contribution >= 0.6 is 23.4 Å². The van der Waals surface area contributed by atoms with Crippen LogP contribution in [-0.2, 0) is 16.2 Å². The number of nitrogens with zero attached hydrogens (tertiary/aromatic N) is 2. The Bertz CT molecular complexity index is 1150. The lowest BCUT2D eigenvalue weighted by Crippen LogP contribution is -2.40. The van der Waals surface area contributed by atoms with Crippen LogP contribution in [0.1, 0.15) is 24.0 Å². The number of carbonyl (C=O) groups is 3. The van der Waals surface area contributed by atoms with Crippen LogP contribution in [0.15, 0.2) is 41.3 Å². The van der Waals surface area contributed by atoms with Crippen LogP contribution < -0.4 is 9.47 Å². The molecule has 2 saturated heterocycles. The number of hydrogen-bond donors (Lipinski definition) is 0. The summed E-state index contributed by atoms with van der Waals surface area (Å²) in [5.41, 5.74) is 0.643. The van der Waals surface area contributed by atoms with Gasteiger partial charge in [-0.05, 0) is 48.9 Å². The van der Waals surface area contributed by atoms with Crippen molar-refractivity contribution >= 4 is 46.5 Å². The summed E-state index contributed by atoms with van der Waals surface area (Å²) in [5, 5.41) is -0.285. The van der Waals surface area contributed by atoms with Crippen molar-refractivity contribution in [2.24, 2.45) is 0 Å². The second kappa shape index (κ2) is 10.5. The fraction of sp³-hybridized carbons (Fsp3) is 0.292. The molecule has 2 aromatic carbocycles. The number of benzene rings is 2. The number of halogens is 2. The molecular weight excluding hydrogens is 483 g/mol. The van der Waals surface area contributed by atoms with Gasteiger partial charge in [-0.1, -0.05) is 29.8 Å². The lowest BCUT2D eigenvalue weighted by molar-refractivity contribution is -0.135. The van der Waals surface area contributed by atoms with Crippen molar-refractivity contribution in [1.82, 2.24) is 9.80 Å². The molecule has 0 aliphatic carbocycles. The number of likely N-dealkylation sites (tertiary alicyclic amines) is 1.